The smallest absolute Gasteiger partial charge is 0.285 e. The third kappa shape index (κ3) is 3.84. The summed E-state index contributed by atoms with van der Waals surface area (Å²) in [7, 11) is 3.99. The lowest BCUT2D eigenvalue weighted by Gasteiger charge is -2.39. The molecule has 0 amide bonds. The maximum Gasteiger partial charge on any atom is 0.285 e. The first kappa shape index (κ1) is 22.7. The van der Waals surface area contributed by atoms with E-state index in [2.05, 4.69) is 24.3 Å². The molecular formula is C27H24ClN5O2. The van der Waals surface area contributed by atoms with Gasteiger partial charge in [0.05, 0.1) is 0 Å². The average molecular weight is 486 g/mol. The molecule has 1 aliphatic rings. The van der Waals surface area contributed by atoms with E-state index in [1.807, 2.05) is 79.7 Å². The summed E-state index contributed by atoms with van der Waals surface area (Å²) in [4.78, 5) is 3.56. The highest BCUT2D eigenvalue weighted by molar-refractivity contribution is 6.44. The molecule has 0 spiro atoms. The maximum atomic E-state index is 11.6. The second kappa shape index (κ2) is 8.92. The lowest BCUT2D eigenvalue weighted by Crippen LogP contribution is -2.45. The summed E-state index contributed by atoms with van der Waals surface area (Å²) in [5, 5.41) is 31.1. The predicted molar refractivity (Wildman–Crippen MR) is 138 cm³/mol. The van der Waals surface area contributed by atoms with Crippen LogP contribution < -0.4 is 4.90 Å². The van der Waals surface area contributed by atoms with Gasteiger partial charge in [-0.3, -0.25) is 5.21 Å². The van der Waals surface area contributed by atoms with Crippen molar-refractivity contribution in [3.05, 3.63) is 118 Å². The highest BCUT2D eigenvalue weighted by Crippen LogP contribution is 2.44. The van der Waals surface area contributed by atoms with Crippen LogP contribution in [0.2, 0.25) is 0 Å². The average Bonchev–Trinajstić information content (AvgIpc) is 3.30. The van der Waals surface area contributed by atoms with Crippen LogP contribution in [-0.4, -0.2) is 44.9 Å². The highest BCUT2D eigenvalue weighted by Gasteiger charge is 2.46. The Morgan fingerprint density at radius 1 is 0.914 bits per heavy atom. The van der Waals surface area contributed by atoms with E-state index in [9.17, 15) is 10.4 Å². The fourth-order valence-corrected chi connectivity index (χ4v) is 4.90. The molecule has 4 aromatic rings. The van der Waals surface area contributed by atoms with Crippen molar-refractivity contribution in [2.45, 2.75) is 5.54 Å². The van der Waals surface area contributed by atoms with Crippen molar-refractivity contribution in [2.24, 2.45) is 5.92 Å². The first-order valence-electron chi connectivity index (χ1n) is 11.2. The zero-order valence-corrected chi connectivity index (χ0v) is 20.0. The number of benzene rings is 3. The van der Waals surface area contributed by atoms with Gasteiger partial charge in [-0.25, -0.2) is 0 Å². The van der Waals surface area contributed by atoms with Crippen molar-refractivity contribution in [2.75, 3.05) is 19.0 Å². The Morgan fingerprint density at radius 3 is 2.03 bits per heavy atom. The second-order valence-corrected chi connectivity index (χ2v) is 9.02. The van der Waals surface area contributed by atoms with Crippen molar-refractivity contribution in [1.29, 1.82) is 0 Å². The van der Waals surface area contributed by atoms with E-state index in [0.29, 0.717) is 0 Å². The van der Waals surface area contributed by atoms with Crippen LogP contribution in [0, 0.1) is 11.1 Å². The summed E-state index contributed by atoms with van der Waals surface area (Å²) in [6.07, 6.45) is 5.15. The number of hydrogen-bond acceptors (Lipinski definition) is 5. The van der Waals surface area contributed by atoms with Crippen molar-refractivity contribution in [3.63, 3.8) is 0 Å². The van der Waals surface area contributed by atoms with Crippen LogP contribution >= 0.6 is 11.6 Å². The quantitative estimate of drug-likeness (QED) is 0.246. The topological polar surface area (TPSA) is 80.2 Å². The molecular weight excluding hydrogens is 462 g/mol. The molecule has 0 aliphatic heterocycles. The van der Waals surface area contributed by atoms with Gasteiger partial charge in [0.1, 0.15) is 21.6 Å². The van der Waals surface area contributed by atoms with Crippen LogP contribution in [0.3, 0.4) is 0 Å². The Labute approximate surface area is 208 Å². The normalized spacial score (nSPS) is 18.7. The van der Waals surface area contributed by atoms with E-state index in [1.165, 1.54) is 6.08 Å². The SMILES string of the molecule is CN(C)c1ccc(C(c2ccccc2)(C2C=C/C(=[N+](/[O-])O)C(Cl)=C2)n2nc3ccccc3n2)cc1. The Bertz CT molecular complexity index is 1420. The third-order valence-corrected chi connectivity index (χ3v) is 6.68. The molecule has 0 bridgehead atoms. The first-order valence-corrected chi connectivity index (χ1v) is 11.5. The van der Waals surface area contributed by atoms with Gasteiger partial charge in [0.15, 0.2) is 0 Å². The van der Waals surface area contributed by atoms with Gasteiger partial charge in [-0.1, -0.05) is 72.3 Å². The summed E-state index contributed by atoms with van der Waals surface area (Å²) in [6, 6.07) is 25.9. The number of fused-ring (bicyclic) bond motifs is 1. The van der Waals surface area contributed by atoms with Crippen molar-refractivity contribution in [3.8, 4) is 0 Å². The molecule has 3 aromatic carbocycles. The standard InChI is InChI=1S/C27H24ClN5O2/c1-31(2)22-15-12-20(13-16-22)27(19-8-4-3-5-9-19,21-14-17-26(32(34)35)23(28)18-21)33-29-24-10-6-7-11-25(24)30-33/h3-18,21H,1-2H3,(H,34,35). The van der Waals surface area contributed by atoms with Gasteiger partial charge in [0, 0.05) is 36.7 Å². The van der Waals surface area contributed by atoms with E-state index in [4.69, 9.17) is 21.8 Å². The molecule has 0 radical (unpaired) electrons. The number of allylic oxidation sites excluding steroid dienone is 4. The Morgan fingerprint density at radius 2 is 1.49 bits per heavy atom. The van der Waals surface area contributed by atoms with E-state index in [-0.39, 0.29) is 21.6 Å². The fraction of sp³-hybridized carbons (Fsp3) is 0.148. The van der Waals surface area contributed by atoms with Crippen LogP contribution in [0.25, 0.3) is 11.0 Å². The molecule has 0 saturated heterocycles. The van der Waals surface area contributed by atoms with Gasteiger partial charge in [0.25, 0.3) is 5.71 Å². The molecule has 1 N–H and O–H groups in total. The molecule has 2 unspecified atom stereocenters. The molecule has 7 nitrogen and oxygen atoms in total. The molecule has 2 atom stereocenters. The van der Waals surface area contributed by atoms with Crippen LogP contribution in [-0.2, 0) is 5.54 Å². The minimum atomic E-state index is -0.934. The molecule has 8 heteroatoms. The van der Waals surface area contributed by atoms with Crippen LogP contribution in [0.5, 0.6) is 0 Å². The van der Waals surface area contributed by atoms with Crippen LogP contribution in [0.4, 0.5) is 5.69 Å². The lowest BCUT2D eigenvalue weighted by molar-refractivity contribution is -0.725. The Hall–Kier alpha value is -4.10. The molecule has 5 rings (SSSR count). The number of nitrogens with zero attached hydrogens (tertiary/aromatic N) is 5. The summed E-state index contributed by atoms with van der Waals surface area (Å²) < 4.78 is 0. The number of hydrogen-bond donors (Lipinski definition) is 1. The Balaban J connectivity index is 1.84. The van der Waals surface area contributed by atoms with E-state index in [1.54, 1.807) is 10.9 Å². The maximum absolute atomic E-state index is 11.6. The summed E-state index contributed by atoms with van der Waals surface area (Å²) in [5.74, 6) is -0.381. The van der Waals surface area contributed by atoms with Crippen molar-refractivity contribution in [1.82, 2.24) is 15.0 Å². The fourth-order valence-electron chi connectivity index (χ4n) is 4.63. The molecule has 0 fully saturated rings. The molecule has 0 saturated carbocycles. The van der Waals surface area contributed by atoms with Gasteiger partial charge >= 0.3 is 0 Å². The summed E-state index contributed by atoms with van der Waals surface area (Å²) in [6.45, 7) is 0. The molecule has 176 valence electrons. The summed E-state index contributed by atoms with van der Waals surface area (Å²) in [5.41, 5.74) is 3.51. The van der Waals surface area contributed by atoms with Crippen molar-refractivity contribution < 1.29 is 10.1 Å². The predicted octanol–water partition coefficient (Wildman–Crippen LogP) is 4.94. The second-order valence-electron chi connectivity index (χ2n) is 8.61. The van der Waals surface area contributed by atoms with Gasteiger partial charge in [-0.15, -0.1) is 0 Å². The minimum absolute atomic E-state index is 0.0218. The first-order chi connectivity index (χ1) is 16.9. The summed E-state index contributed by atoms with van der Waals surface area (Å²) >= 11 is 6.50. The van der Waals surface area contributed by atoms with Gasteiger partial charge in [-0.2, -0.15) is 15.0 Å². The zero-order chi connectivity index (χ0) is 24.6. The van der Waals surface area contributed by atoms with Crippen LogP contribution in [0.15, 0.2) is 102 Å². The minimum Gasteiger partial charge on any atom is -0.417 e. The van der Waals surface area contributed by atoms with Crippen LogP contribution in [0.1, 0.15) is 11.1 Å². The Kier molecular flexibility index (Phi) is 5.78. The van der Waals surface area contributed by atoms with Gasteiger partial charge in [-0.05, 0) is 41.5 Å². The van der Waals surface area contributed by atoms with Gasteiger partial charge in [0.2, 0.25) is 0 Å². The number of rotatable bonds is 5. The number of aromatic nitrogens is 3. The van der Waals surface area contributed by atoms with E-state index >= 15 is 0 Å². The molecule has 1 aliphatic carbocycles. The van der Waals surface area contributed by atoms with E-state index < -0.39 is 5.54 Å². The van der Waals surface area contributed by atoms with Crippen molar-refractivity contribution >= 4 is 34.0 Å². The largest absolute Gasteiger partial charge is 0.417 e. The number of anilines is 1. The zero-order valence-electron chi connectivity index (χ0n) is 19.3. The third-order valence-electron chi connectivity index (χ3n) is 6.36. The number of halogens is 1. The monoisotopic (exact) mass is 485 g/mol. The molecule has 1 aromatic heterocycles. The highest BCUT2D eigenvalue weighted by atomic mass is 35.5. The van der Waals surface area contributed by atoms with E-state index in [0.717, 1.165) is 27.8 Å². The molecule has 1 heterocycles. The molecule has 35 heavy (non-hydrogen) atoms. The van der Waals surface area contributed by atoms with Gasteiger partial charge < -0.3 is 10.1 Å². The lowest BCUT2D eigenvalue weighted by atomic mass is 9.71.